The van der Waals surface area contributed by atoms with Gasteiger partial charge in [-0.3, -0.25) is 0 Å². The Kier molecular flexibility index (Phi) is 5.45. The van der Waals surface area contributed by atoms with E-state index < -0.39 is 11.6 Å². The van der Waals surface area contributed by atoms with Crippen LogP contribution in [0, 0.1) is 17.6 Å². The first-order valence-electron chi connectivity index (χ1n) is 7.28. The highest BCUT2D eigenvalue weighted by Gasteiger charge is 2.13. The van der Waals surface area contributed by atoms with Crippen LogP contribution >= 0.6 is 0 Å². The Labute approximate surface area is 125 Å². The van der Waals surface area contributed by atoms with Crippen LogP contribution in [0.4, 0.5) is 8.78 Å². The molecule has 0 radical (unpaired) electrons. The summed E-state index contributed by atoms with van der Waals surface area (Å²) in [7, 11) is 0. The van der Waals surface area contributed by atoms with Gasteiger partial charge in [0.1, 0.15) is 11.6 Å². The minimum atomic E-state index is -0.535. The first-order valence-corrected chi connectivity index (χ1v) is 7.28. The van der Waals surface area contributed by atoms with Crippen LogP contribution in [0.5, 0.6) is 0 Å². The molecule has 2 aromatic carbocycles. The molecule has 0 heterocycles. The Hall–Kier alpha value is -1.74. The van der Waals surface area contributed by atoms with Gasteiger partial charge in [-0.25, -0.2) is 8.78 Å². The zero-order chi connectivity index (χ0) is 15.2. The van der Waals surface area contributed by atoms with Gasteiger partial charge in [0.05, 0.1) is 0 Å². The second kappa shape index (κ2) is 7.32. The number of halogens is 2. The molecular formula is C18H21F2N. The van der Waals surface area contributed by atoms with E-state index in [0.717, 1.165) is 12.5 Å². The maximum Gasteiger partial charge on any atom is 0.126 e. The van der Waals surface area contributed by atoms with Gasteiger partial charge in [-0.2, -0.15) is 0 Å². The molecule has 0 aliphatic carbocycles. The van der Waals surface area contributed by atoms with Crippen LogP contribution in [0.25, 0.3) is 0 Å². The molecule has 0 amide bonds. The summed E-state index contributed by atoms with van der Waals surface area (Å²) < 4.78 is 26.4. The minimum absolute atomic E-state index is 0.178. The van der Waals surface area contributed by atoms with Gasteiger partial charge < -0.3 is 5.32 Å². The van der Waals surface area contributed by atoms with Gasteiger partial charge in [0, 0.05) is 18.7 Å². The van der Waals surface area contributed by atoms with Crippen molar-refractivity contribution in [1.82, 2.24) is 5.32 Å². The quantitative estimate of drug-likeness (QED) is 0.802. The van der Waals surface area contributed by atoms with E-state index in [0.29, 0.717) is 18.0 Å². The predicted octanol–water partition coefficient (Wildman–Crippen LogP) is 4.84. The summed E-state index contributed by atoms with van der Waals surface area (Å²) in [6, 6.07) is 14.0. The third kappa shape index (κ3) is 4.94. The fourth-order valence-corrected chi connectivity index (χ4v) is 2.45. The molecule has 21 heavy (non-hydrogen) atoms. The second-order valence-corrected chi connectivity index (χ2v) is 5.75. The van der Waals surface area contributed by atoms with Crippen molar-refractivity contribution < 1.29 is 8.78 Å². The maximum absolute atomic E-state index is 13.2. The Morgan fingerprint density at radius 3 is 2.14 bits per heavy atom. The molecule has 2 rings (SSSR count). The van der Waals surface area contributed by atoms with Crippen LogP contribution in [0.2, 0.25) is 0 Å². The number of hydrogen-bond donors (Lipinski definition) is 1. The van der Waals surface area contributed by atoms with E-state index in [-0.39, 0.29) is 6.04 Å². The molecule has 0 bridgehead atoms. The average Bonchev–Trinajstić information content (AvgIpc) is 2.43. The normalized spacial score (nSPS) is 12.6. The molecule has 0 aromatic heterocycles. The monoisotopic (exact) mass is 289 g/mol. The van der Waals surface area contributed by atoms with E-state index in [1.54, 1.807) is 0 Å². The van der Waals surface area contributed by atoms with Crippen molar-refractivity contribution >= 4 is 0 Å². The standard InChI is InChI=1S/C18H21F2N/c1-13(2)8-18(15-6-4-3-5-7-15)21-12-14-9-16(19)11-17(20)10-14/h3-7,9-11,13,18,21H,8,12H2,1-2H3. The average molecular weight is 289 g/mol. The SMILES string of the molecule is CC(C)CC(NCc1cc(F)cc(F)c1)c1ccccc1. The Bertz CT molecular complexity index is 546. The van der Waals surface area contributed by atoms with Crippen molar-refractivity contribution in [3.8, 4) is 0 Å². The van der Waals surface area contributed by atoms with Crippen molar-refractivity contribution in [2.75, 3.05) is 0 Å². The third-order valence-corrected chi connectivity index (χ3v) is 3.38. The smallest absolute Gasteiger partial charge is 0.126 e. The van der Waals surface area contributed by atoms with Crippen LogP contribution < -0.4 is 5.32 Å². The van der Waals surface area contributed by atoms with Crippen LogP contribution in [0.1, 0.15) is 37.4 Å². The van der Waals surface area contributed by atoms with Crippen LogP contribution in [0.15, 0.2) is 48.5 Å². The number of benzene rings is 2. The molecule has 0 aliphatic rings. The topological polar surface area (TPSA) is 12.0 Å². The molecular weight excluding hydrogens is 268 g/mol. The fourth-order valence-electron chi connectivity index (χ4n) is 2.45. The van der Waals surface area contributed by atoms with E-state index in [1.807, 2.05) is 18.2 Å². The molecule has 1 unspecified atom stereocenters. The van der Waals surface area contributed by atoms with Crippen molar-refractivity contribution in [3.63, 3.8) is 0 Å². The van der Waals surface area contributed by atoms with Gasteiger partial charge in [0.15, 0.2) is 0 Å². The second-order valence-electron chi connectivity index (χ2n) is 5.75. The fraction of sp³-hybridized carbons (Fsp3) is 0.333. The van der Waals surface area contributed by atoms with Gasteiger partial charge in [0.25, 0.3) is 0 Å². The van der Waals surface area contributed by atoms with E-state index >= 15 is 0 Å². The highest BCUT2D eigenvalue weighted by molar-refractivity contribution is 5.21. The van der Waals surface area contributed by atoms with E-state index in [1.165, 1.54) is 17.7 Å². The van der Waals surface area contributed by atoms with E-state index in [9.17, 15) is 8.78 Å². The lowest BCUT2D eigenvalue weighted by atomic mass is 9.97. The molecule has 0 saturated heterocycles. The van der Waals surface area contributed by atoms with Crippen LogP contribution in [-0.2, 0) is 6.54 Å². The molecule has 1 atom stereocenters. The van der Waals surface area contributed by atoms with E-state index in [2.05, 4.69) is 31.3 Å². The van der Waals surface area contributed by atoms with Gasteiger partial charge in [-0.05, 0) is 35.6 Å². The van der Waals surface area contributed by atoms with Crippen molar-refractivity contribution in [1.29, 1.82) is 0 Å². The zero-order valence-electron chi connectivity index (χ0n) is 12.4. The lowest BCUT2D eigenvalue weighted by Gasteiger charge is -2.21. The van der Waals surface area contributed by atoms with Gasteiger partial charge >= 0.3 is 0 Å². The van der Waals surface area contributed by atoms with Gasteiger partial charge in [0.2, 0.25) is 0 Å². The molecule has 0 fully saturated rings. The zero-order valence-corrected chi connectivity index (χ0v) is 12.4. The Morgan fingerprint density at radius 2 is 1.57 bits per heavy atom. The van der Waals surface area contributed by atoms with Gasteiger partial charge in [-0.15, -0.1) is 0 Å². The largest absolute Gasteiger partial charge is 0.306 e. The summed E-state index contributed by atoms with van der Waals surface area (Å²) in [5.41, 5.74) is 1.82. The first kappa shape index (κ1) is 15.6. The molecule has 0 aliphatic heterocycles. The number of rotatable bonds is 6. The third-order valence-electron chi connectivity index (χ3n) is 3.38. The number of hydrogen-bond acceptors (Lipinski definition) is 1. The summed E-state index contributed by atoms with van der Waals surface area (Å²) in [4.78, 5) is 0. The van der Waals surface area contributed by atoms with Crippen molar-refractivity contribution in [2.45, 2.75) is 32.9 Å². The van der Waals surface area contributed by atoms with Crippen molar-refractivity contribution in [3.05, 3.63) is 71.3 Å². The van der Waals surface area contributed by atoms with Crippen LogP contribution in [0.3, 0.4) is 0 Å². The molecule has 1 nitrogen and oxygen atoms in total. The maximum atomic E-state index is 13.2. The highest BCUT2D eigenvalue weighted by Crippen LogP contribution is 2.21. The Morgan fingerprint density at radius 1 is 0.952 bits per heavy atom. The predicted molar refractivity (Wildman–Crippen MR) is 81.8 cm³/mol. The Balaban J connectivity index is 2.08. The lowest BCUT2D eigenvalue weighted by Crippen LogP contribution is -2.22. The van der Waals surface area contributed by atoms with Gasteiger partial charge in [-0.1, -0.05) is 44.2 Å². The summed E-state index contributed by atoms with van der Waals surface area (Å²) in [6.45, 7) is 4.78. The molecule has 1 N–H and O–H groups in total. The van der Waals surface area contributed by atoms with Crippen molar-refractivity contribution in [2.24, 2.45) is 5.92 Å². The summed E-state index contributed by atoms with van der Waals surface area (Å²) in [5.74, 6) is -0.536. The summed E-state index contributed by atoms with van der Waals surface area (Å²) >= 11 is 0. The minimum Gasteiger partial charge on any atom is -0.306 e. The molecule has 3 heteroatoms. The summed E-state index contributed by atoms with van der Waals surface area (Å²) in [6.07, 6.45) is 0.974. The summed E-state index contributed by atoms with van der Waals surface area (Å²) in [5, 5.41) is 3.40. The lowest BCUT2D eigenvalue weighted by molar-refractivity contribution is 0.427. The highest BCUT2D eigenvalue weighted by atomic mass is 19.1. The molecule has 0 saturated carbocycles. The molecule has 2 aromatic rings. The van der Waals surface area contributed by atoms with Crippen LogP contribution in [-0.4, -0.2) is 0 Å². The first-order chi connectivity index (χ1) is 10.0. The molecule has 0 spiro atoms. The molecule has 112 valence electrons. The van der Waals surface area contributed by atoms with E-state index in [4.69, 9.17) is 0 Å². The number of nitrogens with one attached hydrogen (secondary N) is 1.